The third kappa shape index (κ3) is 18.0. The zero-order chi connectivity index (χ0) is 32.4. The van der Waals surface area contributed by atoms with Crippen molar-refractivity contribution >= 4 is 23.1 Å². The Morgan fingerprint density at radius 3 is 1.00 bits per heavy atom. The maximum Gasteiger partial charge on any atom is 0.170 e. The van der Waals surface area contributed by atoms with Gasteiger partial charge >= 0.3 is 0 Å². The fraction of sp³-hybridized carbons (Fsp3) is 0.463. The Balaban J connectivity index is 0.000000351. The smallest absolute Gasteiger partial charge is 0.170 e. The van der Waals surface area contributed by atoms with Gasteiger partial charge in [-0.1, -0.05) is 188 Å². The number of unbranched alkanes of at least 4 members (excludes halogenated alkanes) is 14. The van der Waals surface area contributed by atoms with Crippen molar-refractivity contribution in [3.05, 3.63) is 108 Å². The van der Waals surface area contributed by atoms with Crippen LogP contribution in [0.25, 0.3) is 0 Å². The molecule has 0 fully saturated rings. The van der Waals surface area contributed by atoms with Gasteiger partial charge in [-0.05, 0) is 6.42 Å². The summed E-state index contributed by atoms with van der Waals surface area (Å²) in [5.41, 5.74) is 1.81. The molecule has 0 heterocycles. The van der Waals surface area contributed by atoms with Crippen LogP contribution >= 0.6 is 0 Å². The van der Waals surface area contributed by atoms with E-state index in [2.05, 4.69) is 6.92 Å². The van der Waals surface area contributed by atoms with Crippen molar-refractivity contribution in [1.29, 1.82) is 0 Å². The number of carbonyl (C=O) groups excluding carboxylic acids is 4. The molecule has 3 aromatic rings. The number of Topliss-reactive ketones (excluding diaryl/α,β-unsaturated/α-hetero) is 4. The van der Waals surface area contributed by atoms with Crippen LogP contribution in [0.3, 0.4) is 0 Å². The number of benzene rings is 3. The van der Waals surface area contributed by atoms with Gasteiger partial charge in [-0.2, -0.15) is 0 Å². The van der Waals surface area contributed by atoms with Crippen molar-refractivity contribution in [3.63, 3.8) is 0 Å². The van der Waals surface area contributed by atoms with E-state index in [1.807, 2.05) is 30.3 Å². The van der Waals surface area contributed by atoms with Gasteiger partial charge in [-0.25, -0.2) is 0 Å². The Labute approximate surface area is 272 Å². The number of ketones is 4. The van der Waals surface area contributed by atoms with Gasteiger partial charge in [0.25, 0.3) is 0 Å². The summed E-state index contributed by atoms with van der Waals surface area (Å²) in [6.45, 7) is 2.27. The predicted octanol–water partition coefficient (Wildman–Crippen LogP) is 11.2. The van der Waals surface area contributed by atoms with Gasteiger partial charge in [0, 0.05) is 23.1 Å². The lowest BCUT2D eigenvalue weighted by molar-refractivity contribution is -0.118. The molecule has 0 N–H and O–H groups in total. The molecule has 0 atom stereocenters. The van der Waals surface area contributed by atoms with E-state index in [9.17, 15) is 19.2 Å². The van der Waals surface area contributed by atoms with Crippen LogP contribution < -0.4 is 0 Å². The minimum Gasteiger partial charge on any atom is -0.299 e. The summed E-state index contributed by atoms with van der Waals surface area (Å²) in [6, 6.07) is 26.9. The predicted molar refractivity (Wildman–Crippen MR) is 186 cm³/mol. The third-order valence-corrected chi connectivity index (χ3v) is 8.03. The zero-order valence-corrected chi connectivity index (χ0v) is 27.5. The van der Waals surface area contributed by atoms with Gasteiger partial charge in [0.2, 0.25) is 0 Å². The second-order valence-electron chi connectivity index (χ2n) is 12.0. The Hall–Kier alpha value is -3.66. The number of hydrogen-bond donors (Lipinski definition) is 0. The molecule has 0 saturated carbocycles. The standard InChI is InChI=1S/C26H42O2.C15H12O2/c1-2-3-4-5-6-7-8-9-10-11-12-13-14-15-19-22-25(27)23-26(28)24-20-17-16-18-21-24;16-14(12-7-3-1-4-8-12)11-15(17)13-9-5-2-6-10-13/h16-18,20-21H,2-15,19,22-23H2,1H3;1-10H,11H2. The minimum absolute atomic E-state index is 0.0495. The molecule has 0 spiro atoms. The van der Waals surface area contributed by atoms with Crippen molar-refractivity contribution in [2.45, 2.75) is 122 Å². The van der Waals surface area contributed by atoms with Gasteiger partial charge < -0.3 is 0 Å². The van der Waals surface area contributed by atoms with Gasteiger partial charge in [0.05, 0.1) is 12.8 Å². The quantitative estimate of drug-likeness (QED) is 0.0608. The van der Waals surface area contributed by atoms with Gasteiger partial charge in [-0.15, -0.1) is 0 Å². The Kier molecular flexibility index (Phi) is 20.5. The fourth-order valence-electron chi connectivity index (χ4n) is 5.29. The van der Waals surface area contributed by atoms with Gasteiger partial charge in [0.1, 0.15) is 5.78 Å². The highest BCUT2D eigenvalue weighted by Gasteiger charge is 2.13. The molecule has 0 aliphatic heterocycles. The molecule has 0 aromatic heterocycles. The molecule has 0 bridgehead atoms. The first-order valence-corrected chi connectivity index (χ1v) is 17.3. The van der Waals surface area contributed by atoms with Crippen LogP contribution in [0.15, 0.2) is 91.0 Å². The summed E-state index contributed by atoms with van der Waals surface area (Å²) >= 11 is 0. The summed E-state index contributed by atoms with van der Waals surface area (Å²) in [5.74, 6) is -0.242. The van der Waals surface area contributed by atoms with Crippen LogP contribution in [0.4, 0.5) is 0 Å². The third-order valence-electron chi connectivity index (χ3n) is 8.03. The Morgan fingerprint density at radius 2 is 0.667 bits per heavy atom. The molecule has 0 aliphatic rings. The van der Waals surface area contributed by atoms with Crippen LogP contribution in [-0.2, 0) is 4.79 Å². The van der Waals surface area contributed by atoms with Crippen LogP contribution in [0.1, 0.15) is 154 Å². The first-order valence-electron chi connectivity index (χ1n) is 17.3. The topological polar surface area (TPSA) is 68.3 Å². The van der Waals surface area contributed by atoms with Gasteiger partial charge in [-0.3, -0.25) is 19.2 Å². The fourth-order valence-corrected chi connectivity index (χ4v) is 5.29. The lowest BCUT2D eigenvalue weighted by atomic mass is 10.0. The van der Waals surface area contributed by atoms with Gasteiger partial charge in [0.15, 0.2) is 17.3 Å². The maximum atomic E-state index is 12.0. The monoisotopic (exact) mass is 610 g/mol. The molecular weight excluding hydrogens is 556 g/mol. The molecule has 0 saturated heterocycles. The van der Waals surface area contributed by atoms with Crippen LogP contribution in [0.2, 0.25) is 0 Å². The maximum absolute atomic E-state index is 12.0. The molecule has 0 aliphatic carbocycles. The molecule has 45 heavy (non-hydrogen) atoms. The highest BCUT2D eigenvalue weighted by molar-refractivity contribution is 6.13. The highest BCUT2D eigenvalue weighted by Crippen LogP contribution is 2.14. The lowest BCUT2D eigenvalue weighted by Crippen LogP contribution is -2.08. The Morgan fingerprint density at radius 1 is 0.378 bits per heavy atom. The first kappa shape index (κ1) is 37.5. The van der Waals surface area contributed by atoms with Crippen LogP contribution in [0, 0.1) is 0 Å². The van der Waals surface area contributed by atoms with E-state index < -0.39 is 0 Å². The van der Waals surface area contributed by atoms with E-state index in [1.54, 1.807) is 60.7 Å². The molecule has 4 nitrogen and oxygen atoms in total. The van der Waals surface area contributed by atoms with E-state index in [0.29, 0.717) is 23.1 Å². The van der Waals surface area contributed by atoms with E-state index >= 15 is 0 Å². The summed E-state index contributed by atoms with van der Waals surface area (Å²) < 4.78 is 0. The average molecular weight is 611 g/mol. The van der Waals surface area contributed by atoms with E-state index in [1.165, 1.54) is 83.5 Å². The molecule has 0 radical (unpaired) electrons. The average Bonchev–Trinajstić information content (AvgIpc) is 3.08. The second-order valence-corrected chi connectivity index (χ2v) is 12.0. The van der Waals surface area contributed by atoms with E-state index in [-0.39, 0.29) is 36.0 Å². The molecule has 0 amide bonds. The number of hydrogen-bond acceptors (Lipinski definition) is 4. The zero-order valence-electron chi connectivity index (χ0n) is 27.5. The largest absolute Gasteiger partial charge is 0.299 e. The summed E-state index contributed by atoms with van der Waals surface area (Å²) in [7, 11) is 0. The molecule has 0 unspecified atom stereocenters. The normalized spacial score (nSPS) is 10.5. The van der Waals surface area contributed by atoms with Crippen molar-refractivity contribution < 1.29 is 19.2 Å². The molecule has 3 rings (SSSR count). The molecule has 3 aromatic carbocycles. The highest BCUT2D eigenvalue weighted by atomic mass is 16.2. The van der Waals surface area contributed by atoms with E-state index in [4.69, 9.17) is 0 Å². The summed E-state index contributed by atoms with van der Waals surface area (Å²) in [4.78, 5) is 47.5. The van der Waals surface area contributed by atoms with Crippen LogP contribution in [-0.4, -0.2) is 23.1 Å². The van der Waals surface area contributed by atoms with Crippen molar-refractivity contribution in [1.82, 2.24) is 0 Å². The van der Waals surface area contributed by atoms with Crippen molar-refractivity contribution in [3.8, 4) is 0 Å². The lowest BCUT2D eigenvalue weighted by Gasteiger charge is -2.04. The van der Waals surface area contributed by atoms with Crippen LogP contribution in [0.5, 0.6) is 0 Å². The molecular formula is C41H54O4. The van der Waals surface area contributed by atoms with Crippen molar-refractivity contribution in [2.24, 2.45) is 0 Å². The SMILES string of the molecule is CCCCCCCCCCCCCCCCCC(=O)CC(=O)c1ccccc1.O=C(CC(=O)c1ccccc1)c1ccccc1. The van der Waals surface area contributed by atoms with E-state index in [0.717, 1.165) is 12.8 Å². The Bertz CT molecular complexity index is 1170. The minimum atomic E-state index is -0.139. The molecule has 242 valence electrons. The second kappa shape index (κ2) is 24.6. The summed E-state index contributed by atoms with van der Waals surface area (Å²) in [5, 5.41) is 0. The number of carbonyl (C=O) groups is 4. The first-order chi connectivity index (χ1) is 22.0. The summed E-state index contributed by atoms with van der Waals surface area (Å²) in [6.07, 6.45) is 20.4. The van der Waals surface area contributed by atoms with Crippen molar-refractivity contribution in [2.75, 3.05) is 0 Å². The number of rotatable bonds is 23. The molecule has 4 heteroatoms.